The van der Waals surface area contributed by atoms with Crippen molar-refractivity contribution in [2.45, 2.75) is 13.0 Å². The number of nitrogens with one attached hydrogen (secondary N) is 1. The molecule has 2 nitrogen and oxygen atoms in total. The molecule has 1 aliphatic rings. The summed E-state index contributed by atoms with van der Waals surface area (Å²) >= 11 is 0. The highest BCUT2D eigenvalue weighted by Gasteiger charge is 2.10. The fraction of sp³-hybridized carbons (Fsp3) is 0.200. The van der Waals surface area contributed by atoms with Gasteiger partial charge in [0.15, 0.2) is 0 Å². The van der Waals surface area contributed by atoms with Gasteiger partial charge in [0.05, 0.1) is 0 Å². The summed E-state index contributed by atoms with van der Waals surface area (Å²) in [5, 5.41) is 3.30. The zero-order valence-electron chi connectivity index (χ0n) is 9.95. The van der Waals surface area contributed by atoms with Crippen LogP contribution in [-0.4, -0.2) is 6.54 Å². The molecule has 18 heavy (non-hydrogen) atoms. The molecular formula is C15H14FNO. The van der Waals surface area contributed by atoms with Gasteiger partial charge >= 0.3 is 0 Å². The van der Waals surface area contributed by atoms with Crippen LogP contribution in [0.1, 0.15) is 11.1 Å². The Labute approximate surface area is 105 Å². The van der Waals surface area contributed by atoms with Crippen LogP contribution in [0.3, 0.4) is 0 Å². The number of rotatable bonds is 3. The molecule has 0 aliphatic carbocycles. The molecule has 92 valence electrons. The zero-order valence-corrected chi connectivity index (χ0v) is 9.95. The lowest BCUT2D eigenvalue weighted by atomic mass is 10.1. The van der Waals surface area contributed by atoms with Crippen LogP contribution in [0.2, 0.25) is 0 Å². The number of anilines is 1. The van der Waals surface area contributed by atoms with Crippen molar-refractivity contribution >= 4 is 5.69 Å². The van der Waals surface area contributed by atoms with E-state index in [4.69, 9.17) is 4.74 Å². The van der Waals surface area contributed by atoms with Crippen molar-refractivity contribution in [3.05, 3.63) is 59.4 Å². The second-order valence-electron chi connectivity index (χ2n) is 4.41. The van der Waals surface area contributed by atoms with Crippen LogP contribution in [0.4, 0.5) is 10.1 Å². The van der Waals surface area contributed by atoms with Gasteiger partial charge in [-0.15, -0.1) is 0 Å². The second-order valence-corrected chi connectivity index (χ2v) is 4.41. The van der Waals surface area contributed by atoms with Crippen molar-refractivity contribution in [3.63, 3.8) is 0 Å². The molecule has 3 heteroatoms. The standard InChI is InChI=1S/C15H14FNO/c16-13-3-1-2-11(8-13)10-18-14-4-5-15-12(9-14)6-7-17-15/h1-5,8-9,17H,6-7,10H2. The van der Waals surface area contributed by atoms with Gasteiger partial charge in [-0.05, 0) is 47.9 Å². The SMILES string of the molecule is Fc1cccc(COc2ccc3c(c2)CCN3)c1. The molecule has 0 saturated carbocycles. The quantitative estimate of drug-likeness (QED) is 0.892. The molecule has 0 fully saturated rings. The van der Waals surface area contributed by atoms with E-state index >= 15 is 0 Å². The average molecular weight is 243 g/mol. The predicted molar refractivity (Wildman–Crippen MR) is 69.4 cm³/mol. The molecular weight excluding hydrogens is 229 g/mol. The van der Waals surface area contributed by atoms with Gasteiger partial charge < -0.3 is 10.1 Å². The maximum absolute atomic E-state index is 13.0. The highest BCUT2D eigenvalue weighted by Crippen LogP contribution is 2.26. The van der Waals surface area contributed by atoms with E-state index in [9.17, 15) is 4.39 Å². The maximum atomic E-state index is 13.0. The first-order valence-corrected chi connectivity index (χ1v) is 6.05. The Hall–Kier alpha value is -2.03. The topological polar surface area (TPSA) is 21.3 Å². The largest absolute Gasteiger partial charge is 0.489 e. The molecule has 0 saturated heterocycles. The van der Waals surface area contributed by atoms with Gasteiger partial charge in [-0.2, -0.15) is 0 Å². The molecule has 3 rings (SSSR count). The highest BCUT2D eigenvalue weighted by atomic mass is 19.1. The zero-order chi connectivity index (χ0) is 12.4. The smallest absolute Gasteiger partial charge is 0.123 e. The van der Waals surface area contributed by atoms with Gasteiger partial charge in [0.1, 0.15) is 18.2 Å². The van der Waals surface area contributed by atoms with Gasteiger partial charge in [-0.1, -0.05) is 12.1 Å². The van der Waals surface area contributed by atoms with E-state index in [0.717, 1.165) is 24.3 Å². The minimum absolute atomic E-state index is 0.228. The van der Waals surface area contributed by atoms with Crippen molar-refractivity contribution in [2.75, 3.05) is 11.9 Å². The first-order valence-electron chi connectivity index (χ1n) is 6.05. The Balaban J connectivity index is 1.70. The van der Waals surface area contributed by atoms with Crippen LogP contribution in [0.5, 0.6) is 5.75 Å². The van der Waals surface area contributed by atoms with Crippen LogP contribution >= 0.6 is 0 Å². The maximum Gasteiger partial charge on any atom is 0.123 e. The third-order valence-electron chi connectivity index (χ3n) is 3.08. The molecule has 0 unspecified atom stereocenters. The van der Waals surface area contributed by atoms with Crippen LogP contribution < -0.4 is 10.1 Å². The summed E-state index contributed by atoms with van der Waals surface area (Å²) in [7, 11) is 0. The minimum atomic E-state index is -0.228. The van der Waals surface area contributed by atoms with E-state index < -0.39 is 0 Å². The molecule has 0 amide bonds. The van der Waals surface area contributed by atoms with Gasteiger partial charge in [-0.3, -0.25) is 0 Å². The van der Waals surface area contributed by atoms with E-state index in [-0.39, 0.29) is 5.82 Å². The normalized spacial score (nSPS) is 12.9. The highest BCUT2D eigenvalue weighted by molar-refractivity contribution is 5.57. The summed E-state index contributed by atoms with van der Waals surface area (Å²) < 4.78 is 18.7. The van der Waals surface area contributed by atoms with E-state index in [2.05, 4.69) is 11.4 Å². The molecule has 1 N–H and O–H groups in total. The molecule has 2 aromatic rings. The van der Waals surface area contributed by atoms with Gasteiger partial charge in [-0.25, -0.2) is 4.39 Å². The number of ether oxygens (including phenoxy) is 1. The van der Waals surface area contributed by atoms with Crippen LogP contribution in [0, 0.1) is 5.82 Å². The molecule has 0 aromatic heterocycles. The van der Waals surface area contributed by atoms with Gasteiger partial charge in [0.2, 0.25) is 0 Å². The Kier molecular flexibility index (Phi) is 2.89. The number of fused-ring (bicyclic) bond motifs is 1. The predicted octanol–water partition coefficient (Wildman–Crippen LogP) is 3.37. The third-order valence-corrected chi connectivity index (χ3v) is 3.08. The van der Waals surface area contributed by atoms with Crippen LogP contribution in [-0.2, 0) is 13.0 Å². The van der Waals surface area contributed by atoms with Gasteiger partial charge in [0.25, 0.3) is 0 Å². The van der Waals surface area contributed by atoms with Crippen molar-refractivity contribution < 1.29 is 9.13 Å². The van der Waals surface area contributed by atoms with Crippen LogP contribution in [0.25, 0.3) is 0 Å². The number of hydrogen-bond acceptors (Lipinski definition) is 2. The Morgan fingerprint density at radius 1 is 1.17 bits per heavy atom. The first-order chi connectivity index (χ1) is 8.81. The monoisotopic (exact) mass is 243 g/mol. The van der Waals surface area contributed by atoms with E-state index in [1.165, 1.54) is 23.4 Å². The molecule has 0 spiro atoms. The van der Waals surface area contributed by atoms with E-state index in [1.807, 2.05) is 18.2 Å². The number of hydrogen-bond donors (Lipinski definition) is 1. The Bertz CT molecular complexity index is 568. The summed E-state index contributed by atoms with van der Waals surface area (Å²) in [4.78, 5) is 0. The molecule has 1 aliphatic heterocycles. The minimum Gasteiger partial charge on any atom is -0.489 e. The van der Waals surface area contributed by atoms with E-state index in [1.54, 1.807) is 6.07 Å². The molecule has 0 bridgehead atoms. The summed E-state index contributed by atoms with van der Waals surface area (Å²) in [6.07, 6.45) is 1.03. The van der Waals surface area contributed by atoms with Crippen molar-refractivity contribution in [3.8, 4) is 5.75 Å². The molecule has 1 heterocycles. The first kappa shape index (κ1) is 11.1. The molecule has 0 radical (unpaired) electrons. The summed E-state index contributed by atoms with van der Waals surface area (Å²) in [6, 6.07) is 12.5. The lowest BCUT2D eigenvalue weighted by Crippen LogP contribution is -1.96. The van der Waals surface area contributed by atoms with Gasteiger partial charge in [0, 0.05) is 12.2 Å². The molecule has 0 atom stereocenters. The second kappa shape index (κ2) is 4.69. The van der Waals surface area contributed by atoms with E-state index in [0.29, 0.717) is 6.61 Å². The van der Waals surface area contributed by atoms with Crippen molar-refractivity contribution in [1.29, 1.82) is 0 Å². The average Bonchev–Trinajstić information content (AvgIpc) is 2.84. The fourth-order valence-electron chi connectivity index (χ4n) is 2.16. The van der Waals surface area contributed by atoms with Crippen LogP contribution in [0.15, 0.2) is 42.5 Å². The van der Waals surface area contributed by atoms with Crippen molar-refractivity contribution in [1.82, 2.24) is 0 Å². The Morgan fingerprint density at radius 3 is 3.00 bits per heavy atom. The summed E-state index contributed by atoms with van der Waals surface area (Å²) in [6.45, 7) is 1.38. The fourth-order valence-corrected chi connectivity index (χ4v) is 2.16. The lowest BCUT2D eigenvalue weighted by molar-refractivity contribution is 0.305. The molecule has 2 aromatic carbocycles. The Morgan fingerprint density at radius 2 is 2.11 bits per heavy atom. The number of benzene rings is 2. The van der Waals surface area contributed by atoms with Crippen molar-refractivity contribution in [2.24, 2.45) is 0 Å². The lowest BCUT2D eigenvalue weighted by Gasteiger charge is -2.08. The number of halogens is 1. The summed E-state index contributed by atoms with van der Waals surface area (Å²) in [5.74, 6) is 0.607. The third kappa shape index (κ3) is 2.30. The summed E-state index contributed by atoms with van der Waals surface area (Å²) in [5.41, 5.74) is 3.31.